The average Bonchev–Trinajstić information content (AvgIpc) is 2.79. The largest absolute Gasteiger partial charge is 0.494 e. The monoisotopic (exact) mass is 455 g/mol. The molecule has 6 nitrogen and oxygen atoms in total. The van der Waals surface area contributed by atoms with Crippen molar-refractivity contribution in [2.45, 2.75) is 9.79 Å². The standard InChI is InChI=1S/C23H18ClNO5S/c1-28-19-12-11-16(24)14-18(19)25-23-21(31(26,27)17-8-4-3-5-9-17)13-15-7-6-10-20(29-2)22(15)30-23/h3-14H,1-2H3. The lowest BCUT2D eigenvalue weighted by atomic mass is 10.2. The van der Waals surface area contributed by atoms with Gasteiger partial charge in [-0.25, -0.2) is 13.4 Å². The summed E-state index contributed by atoms with van der Waals surface area (Å²) in [6, 6.07) is 19.7. The van der Waals surface area contributed by atoms with Crippen molar-refractivity contribution in [2.24, 2.45) is 4.99 Å². The number of para-hydroxylation sites is 1. The van der Waals surface area contributed by atoms with Gasteiger partial charge in [0, 0.05) is 10.4 Å². The Bertz CT molecular complexity index is 1430. The molecule has 0 saturated carbocycles. The lowest BCUT2D eigenvalue weighted by Crippen LogP contribution is -2.16. The molecule has 0 amide bonds. The van der Waals surface area contributed by atoms with E-state index in [0.29, 0.717) is 33.2 Å². The highest BCUT2D eigenvalue weighted by molar-refractivity contribution is 7.91. The summed E-state index contributed by atoms with van der Waals surface area (Å²) in [6.45, 7) is 0. The molecule has 0 N–H and O–H groups in total. The van der Waals surface area contributed by atoms with Crippen LogP contribution in [-0.4, -0.2) is 22.6 Å². The molecule has 0 bridgehead atoms. The van der Waals surface area contributed by atoms with E-state index in [2.05, 4.69) is 4.99 Å². The molecule has 0 unspecified atom stereocenters. The molecule has 0 radical (unpaired) electrons. The van der Waals surface area contributed by atoms with Crippen molar-refractivity contribution in [1.82, 2.24) is 0 Å². The van der Waals surface area contributed by atoms with Crippen molar-refractivity contribution >= 4 is 38.1 Å². The van der Waals surface area contributed by atoms with Crippen LogP contribution in [0.3, 0.4) is 0 Å². The SMILES string of the molecule is COc1ccc(Cl)cc1N=c1oc2c(OC)cccc2cc1S(=O)(=O)c1ccccc1. The van der Waals surface area contributed by atoms with Gasteiger partial charge < -0.3 is 13.9 Å². The maximum Gasteiger partial charge on any atom is 0.239 e. The van der Waals surface area contributed by atoms with E-state index in [1.54, 1.807) is 54.6 Å². The molecular formula is C23H18ClNO5S. The van der Waals surface area contributed by atoms with Gasteiger partial charge >= 0.3 is 0 Å². The third-order valence-electron chi connectivity index (χ3n) is 4.63. The molecular weight excluding hydrogens is 438 g/mol. The van der Waals surface area contributed by atoms with Crippen LogP contribution >= 0.6 is 11.6 Å². The molecule has 4 aromatic rings. The van der Waals surface area contributed by atoms with E-state index in [0.717, 1.165) is 0 Å². The molecule has 1 heterocycles. The van der Waals surface area contributed by atoms with Crippen LogP contribution in [0.25, 0.3) is 11.0 Å². The molecule has 0 aliphatic rings. The summed E-state index contributed by atoms with van der Waals surface area (Å²) in [6.07, 6.45) is 0. The van der Waals surface area contributed by atoms with E-state index in [4.69, 9.17) is 25.5 Å². The van der Waals surface area contributed by atoms with Gasteiger partial charge in [-0.05, 0) is 42.5 Å². The summed E-state index contributed by atoms with van der Waals surface area (Å²) in [7, 11) is -0.932. The normalized spacial score (nSPS) is 12.2. The van der Waals surface area contributed by atoms with Crippen LogP contribution in [0.2, 0.25) is 5.02 Å². The summed E-state index contributed by atoms with van der Waals surface area (Å²) >= 11 is 6.12. The van der Waals surface area contributed by atoms with E-state index >= 15 is 0 Å². The van der Waals surface area contributed by atoms with Crippen molar-refractivity contribution in [3.63, 3.8) is 0 Å². The number of sulfone groups is 1. The van der Waals surface area contributed by atoms with E-state index < -0.39 is 9.84 Å². The molecule has 1 aromatic heterocycles. The molecule has 0 fully saturated rings. The van der Waals surface area contributed by atoms with Gasteiger partial charge in [-0.15, -0.1) is 0 Å². The zero-order valence-electron chi connectivity index (χ0n) is 16.7. The molecule has 0 spiro atoms. The fourth-order valence-electron chi connectivity index (χ4n) is 3.12. The summed E-state index contributed by atoms with van der Waals surface area (Å²) < 4.78 is 43.6. The minimum absolute atomic E-state index is 0.0820. The van der Waals surface area contributed by atoms with Gasteiger partial charge in [-0.2, -0.15) is 0 Å². The van der Waals surface area contributed by atoms with Crippen LogP contribution in [0.4, 0.5) is 5.69 Å². The lowest BCUT2D eigenvalue weighted by Gasteiger charge is -2.10. The Morgan fingerprint density at radius 3 is 2.32 bits per heavy atom. The summed E-state index contributed by atoms with van der Waals surface area (Å²) in [5.74, 6) is 0.874. The Morgan fingerprint density at radius 1 is 0.871 bits per heavy atom. The van der Waals surface area contributed by atoms with Crippen LogP contribution < -0.4 is 15.0 Å². The molecule has 3 aromatic carbocycles. The summed E-state index contributed by atoms with van der Waals surface area (Å²) in [4.78, 5) is 4.52. The van der Waals surface area contributed by atoms with Gasteiger partial charge in [0.05, 0.1) is 19.1 Å². The smallest absolute Gasteiger partial charge is 0.239 e. The lowest BCUT2D eigenvalue weighted by molar-refractivity contribution is 0.403. The van der Waals surface area contributed by atoms with Crippen molar-refractivity contribution in [2.75, 3.05) is 14.2 Å². The van der Waals surface area contributed by atoms with Gasteiger partial charge in [0.25, 0.3) is 0 Å². The molecule has 0 aliphatic carbocycles. The number of hydrogen-bond donors (Lipinski definition) is 0. The van der Waals surface area contributed by atoms with E-state index in [1.165, 1.54) is 32.4 Å². The quantitative estimate of drug-likeness (QED) is 0.415. The van der Waals surface area contributed by atoms with Crippen molar-refractivity contribution in [3.05, 3.63) is 83.4 Å². The average molecular weight is 456 g/mol. The third-order valence-corrected chi connectivity index (χ3v) is 6.63. The molecule has 8 heteroatoms. The molecule has 0 aliphatic heterocycles. The topological polar surface area (TPSA) is 78.1 Å². The fraction of sp³-hybridized carbons (Fsp3) is 0.0870. The number of ether oxygens (including phenoxy) is 2. The maximum atomic E-state index is 13.5. The molecule has 0 atom stereocenters. The van der Waals surface area contributed by atoms with Crippen LogP contribution in [-0.2, 0) is 9.84 Å². The number of rotatable bonds is 5. The Balaban J connectivity index is 2.10. The second-order valence-corrected chi connectivity index (χ2v) is 8.89. The van der Waals surface area contributed by atoms with E-state index in [9.17, 15) is 8.42 Å². The minimum atomic E-state index is -3.93. The van der Waals surface area contributed by atoms with E-state index in [-0.39, 0.29) is 15.3 Å². The minimum Gasteiger partial charge on any atom is -0.494 e. The highest BCUT2D eigenvalue weighted by Crippen LogP contribution is 2.32. The van der Waals surface area contributed by atoms with Crippen molar-refractivity contribution < 1.29 is 22.3 Å². The van der Waals surface area contributed by atoms with Crippen LogP contribution in [0, 0.1) is 0 Å². The van der Waals surface area contributed by atoms with Crippen LogP contribution in [0.15, 0.2) is 92.0 Å². The second kappa shape index (κ2) is 8.45. The highest BCUT2D eigenvalue weighted by atomic mass is 35.5. The zero-order valence-corrected chi connectivity index (χ0v) is 18.3. The van der Waals surface area contributed by atoms with Gasteiger partial charge in [-0.1, -0.05) is 41.9 Å². The number of halogens is 1. The molecule has 4 rings (SSSR count). The van der Waals surface area contributed by atoms with E-state index in [1.807, 2.05) is 0 Å². The molecule has 31 heavy (non-hydrogen) atoms. The number of benzene rings is 3. The second-order valence-electron chi connectivity index (χ2n) is 6.54. The van der Waals surface area contributed by atoms with Crippen LogP contribution in [0.1, 0.15) is 0 Å². The predicted molar refractivity (Wildman–Crippen MR) is 118 cm³/mol. The number of methoxy groups -OCH3 is 2. The van der Waals surface area contributed by atoms with Crippen molar-refractivity contribution in [1.29, 1.82) is 0 Å². The number of fused-ring (bicyclic) bond motifs is 1. The third kappa shape index (κ3) is 4.02. The van der Waals surface area contributed by atoms with Crippen molar-refractivity contribution in [3.8, 4) is 11.5 Å². The first-order valence-corrected chi connectivity index (χ1v) is 11.1. The first-order chi connectivity index (χ1) is 14.9. The molecule has 0 saturated heterocycles. The van der Waals surface area contributed by atoms with Gasteiger partial charge in [0.15, 0.2) is 11.3 Å². The highest BCUT2D eigenvalue weighted by Gasteiger charge is 2.23. The first kappa shape index (κ1) is 21.0. The zero-order chi connectivity index (χ0) is 22.0. The van der Waals surface area contributed by atoms with Crippen LogP contribution in [0.5, 0.6) is 11.5 Å². The van der Waals surface area contributed by atoms with Gasteiger partial charge in [-0.3, -0.25) is 0 Å². The Labute approximate surface area is 184 Å². The Hall–Kier alpha value is -3.29. The predicted octanol–water partition coefficient (Wildman–Crippen LogP) is 5.17. The Morgan fingerprint density at radius 2 is 1.61 bits per heavy atom. The molecule has 158 valence electrons. The summed E-state index contributed by atoms with van der Waals surface area (Å²) in [5, 5.41) is 0.983. The summed E-state index contributed by atoms with van der Waals surface area (Å²) in [5.41, 5.74) is 0.593. The van der Waals surface area contributed by atoms with Gasteiger partial charge in [0.1, 0.15) is 16.3 Å². The van der Waals surface area contributed by atoms with Gasteiger partial charge in [0.2, 0.25) is 15.4 Å². The fourth-order valence-corrected chi connectivity index (χ4v) is 4.66. The maximum absolute atomic E-state index is 13.5. The Kier molecular flexibility index (Phi) is 5.71. The number of nitrogens with zero attached hydrogens (tertiary/aromatic N) is 1. The first-order valence-electron chi connectivity index (χ1n) is 9.23. The number of hydrogen-bond acceptors (Lipinski definition) is 6.